The molecule has 2 bridgehead atoms. The molecule has 2 heterocycles. The molecule has 5 rings (SSSR count). The first-order valence-electron chi connectivity index (χ1n) is 18.0. The van der Waals surface area contributed by atoms with Crippen molar-refractivity contribution in [3.8, 4) is 0 Å². The lowest BCUT2D eigenvalue weighted by Crippen LogP contribution is -2.51. The predicted molar refractivity (Wildman–Crippen MR) is 183 cm³/mol. The molecule has 0 aromatic heterocycles. The number of benzene rings is 2. The average Bonchev–Trinajstić information content (AvgIpc) is 3.60. The molecule has 2 saturated heterocycles. The number of nitrogens with zero attached hydrogens (tertiary/aromatic N) is 1. The van der Waals surface area contributed by atoms with Gasteiger partial charge in [0.2, 0.25) is 15.9 Å². The van der Waals surface area contributed by atoms with Crippen LogP contribution in [-0.4, -0.2) is 88.3 Å². The third kappa shape index (κ3) is 9.15. The van der Waals surface area contributed by atoms with E-state index in [9.17, 15) is 27.1 Å². The zero-order valence-corrected chi connectivity index (χ0v) is 30.9. The minimum atomic E-state index is -4.18. The van der Waals surface area contributed by atoms with Gasteiger partial charge in [-0.05, 0) is 99.2 Å². The molecule has 2 aromatic carbocycles. The summed E-state index contributed by atoms with van der Waals surface area (Å²) in [6.45, 7) is 10.7. The van der Waals surface area contributed by atoms with Gasteiger partial charge in [0.1, 0.15) is 11.6 Å². The van der Waals surface area contributed by atoms with Crippen molar-refractivity contribution in [1.29, 1.82) is 0 Å². The van der Waals surface area contributed by atoms with Crippen LogP contribution in [0, 0.1) is 41.2 Å². The highest BCUT2D eigenvalue weighted by Gasteiger charge is 2.54. The Bertz CT molecular complexity index is 1540. The molecular weight excluding hydrogens is 686 g/mol. The SMILES string of the molecule is CCOC(OCC)(OCC)c1ccc(S(=O)(=O)N(CC(C)C)C[C@@H](O)[C@H](Cc2cc(F)cc(F)c2)NC(=O)C[C@H]2C3CO[C@H]4OC[C@@H]2C4C3)cc1. The standard InChI is InChI=1S/C37H52F2N2O9S/c1-6-48-37(49-7-2,50-8-3)26-9-11-29(12-10-26)51(44,45)41(19-23(4)5)20-34(42)33(15-24-13-27(38)17-28(39)14-24)40-35(43)18-30-25-16-31-32(30)22-47-36(31)46-21-25/h9-14,17,23,25,30-34,36,42H,6-8,15-16,18-22H2,1-5H3,(H,40,43)/t25?,30-,31?,32-,33-,34+,36-/m0/s1. The summed E-state index contributed by atoms with van der Waals surface area (Å²) in [5.41, 5.74) is 0.689. The smallest absolute Gasteiger partial charge is 0.311 e. The summed E-state index contributed by atoms with van der Waals surface area (Å²) >= 11 is 0. The molecule has 2 aromatic rings. The number of carbonyl (C=O) groups is 1. The molecule has 2 N–H and O–H groups in total. The molecule has 2 aliphatic heterocycles. The van der Waals surface area contributed by atoms with Crippen LogP contribution in [0.5, 0.6) is 0 Å². The third-order valence-electron chi connectivity index (χ3n) is 9.98. The molecule has 1 amide bonds. The number of hydrogen-bond acceptors (Lipinski definition) is 9. The number of halogens is 2. The number of rotatable bonds is 19. The van der Waals surface area contributed by atoms with Crippen LogP contribution in [0.4, 0.5) is 8.78 Å². The van der Waals surface area contributed by atoms with Gasteiger partial charge in [-0.1, -0.05) is 13.8 Å². The predicted octanol–water partition coefficient (Wildman–Crippen LogP) is 4.56. The quantitative estimate of drug-likeness (QED) is 0.199. The summed E-state index contributed by atoms with van der Waals surface area (Å²) in [5, 5.41) is 14.6. The first-order chi connectivity index (χ1) is 24.3. The lowest BCUT2D eigenvalue weighted by molar-refractivity contribution is -0.389. The summed E-state index contributed by atoms with van der Waals surface area (Å²) in [7, 11) is -4.18. The number of aliphatic hydroxyl groups excluding tert-OH is 1. The van der Waals surface area contributed by atoms with E-state index in [1.54, 1.807) is 32.9 Å². The second kappa shape index (κ2) is 17.1. The molecule has 3 fully saturated rings. The number of hydrogen-bond donors (Lipinski definition) is 2. The van der Waals surface area contributed by atoms with E-state index in [2.05, 4.69) is 5.32 Å². The first-order valence-corrected chi connectivity index (χ1v) is 19.4. The van der Waals surface area contributed by atoms with E-state index >= 15 is 0 Å². The lowest BCUT2D eigenvalue weighted by atomic mass is 9.86. The Morgan fingerprint density at radius 2 is 1.57 bits per heavy atom. The first kappa shape index (κ1) is 39.6. The molecule has 284 valence electrons. The van der Waals surface area contributed by atoms with Gasteiger partial charge in [0.05, 0.1) is 30.3 Å². The monoisotopic (exact) mass is 738 g/mol. The van der Waals surface area contributed by atoms with E-state index in [1.807, 2.05) is 13.8 Å². The van der Waals surface area contributed by atoms with Crippen molar-refractivity contribution in [2.24, 2.45) is 29.6 Å². The molecule has 3 aliphatic rings. The number of fused-ring (bicyclic) bond motifs is 1. The number of sulfonamides is 1. The van der Waals surface area contributed by atoms with Gasteiger partial charge >= 0.3 is 5.97 Å². The lowest BCUT2D eigenvalue weighted by Gasteiger charge is -2.33. The average molecular weight is 739 g/mol. The molecule has 0 radical (unpaired) electrons. The van der Waals surface area contributed by atoms with Crippen LogP contribution in [0.15, 0.2) is 47.4 Å². The second-order valence-corrected chi connectivity index (χ2v) is 16.0. The fraction of sp³-hybridized carbons (Fsp3) is 0.649. The molecule has 11 nitrogen and oxygen atoms in total. The maximum absolute atomic E-state index is 14.2. The molecule has 51 heavy (non-hydrogen) atoms. The number of aliphatic hydroxyl groups is 1. The molecule has 1 aliphatic carbocycles. The highest BCUT2D eigenvalue weighted by Crippen LogP contribution is 2.52. The van der Waals surface area contributed by atoms with Gasteiger partial charge in [-0.2, -0.15) is 4.31 Å². The van der Waals surface area contributed by atoms with E-state index < -0.39 is 39.8 Å². The van der Waals surface area contributed by atoms with Gasteiger partial charge < -0.3 is 34.1 Å². The van der Waals surface area contributed by atoms with E-state index in [4.69, 9.17) is 23.7 Å². The number of ether oxygens (including phenoxy) is 5. The van der Waals surface area contributed by atoms with Gasteiger partial charge in [0.25, 0.3) is 0 Å². The maximum atomic E-state index is 14.2. The Morgan fingerprint density at radius 1 is 0.961 bits per heavy atom. The normalized spacial score (nSPS) is 24.3. The van der Waals surface area contributed by atoms with Crippen LogP contribution < -0.4 is 5.32 Å². The molecule has 2 unspecified atom stereocenters. The van der Waals surface area contributed by atoms with Crippen LogP contribution in [0.3, 0.4) is 0 Å². The zero-order chi connectivity index (χ0) is 36.9. The van der Waals surface area contributed by atoms with Gasteiger partial charge in [-0.25, -0.2) is 17.2 Å². The second-order valence-electron chi connectivity index (χ2n) is 14.0. The van der Waals surface area contributed by atoms with Crippen LogP contribution in [0.1, 0.15) is 58.6 Å². The summed E-state index contributed by atoms with van der Waals surface area (Å²) in [4.78, 5) is 13.6. The van der Waals surface area contributed by atoms with Crippen LogP contribution in [-0.2, 0) is 50.9 Å². The zero-order valence-electron chi connectivity index (χ0n) is 30.1. The minimum Gasteiger partial charge on any atom is -0.390 e. The Hall–Kier alpha value is -2.56. The number of amides is 1. The van der Waals surface area contributed by atoms with Crippen molar-refractivity contribution in [3.63, 3.8) is 0 Å². The maximum Gasteiger partial charge on any atom is 0.311 e. The van der Waals surface area contributed by atoms with Crippen LogP contribution in [0.2, 0.25) is 0 Å². The number of carbonyl (C=O) groups excluding carboxylic acids is 1. The highest BCUT2D eigenvalue weighted by molar-refractivity contribution is 7.89. The minimum absolute atomic E-state index is 0.0274. The molecule has 7 atom stereocenters. The van der Waals surface area contributed by atoms with E-state index in [0.29, 0.717) is 18.8 Å². The van der Waals surface area contributed by atoms with Gasteiger partial charge in [-0.15, -0.1) is 0 Å². The molecular formula is C37H52F2N2O9S. The van der Waals surface area contributed by atoms with Crippen molar-refractivity contribution < 1.29 is 50.8 Å². The van der Waals surface area contributed by atoms with Crippen molar-refractivity contribution in [2.75, 3.05) is 46.1 Å². The van der Waals surface area contributed by atoms with Gasteiger partial charge in [0.15, 0.2) is 6.29 Å². The van der Waals surface area contributed by atoms with E-state index in [0.717, 1.165) is 24.6 Å². The van der Waals surface area contributed by atoms with Crippen molar-refractivity contribution in [3.05, 3.63) is 65.2 Å². The highest BCUT2D eigenvalue weighted by atomic mass is 32.2. The third-order valence-corrected chi connectivity index (χ3v) is 11.8. The van der Waals surface area contributed by atoms with E-state index in [-0.39, 0.29) is 98.0 Å². The Labute approximate surface area is 300 Å². The summed E-state index contributed by atoms with van der Waals surface area (Å²) in [6.07, 6.45) is -0.703. The Morgan fingerprint density at radius 3 is 2.16 bits per heavy atom. The van der Waals surface area contributed by atoms with Gasteiger partial charge in [0, 0.05) is 56.9 Å². The fourth-order valence-electron chi connectivity index (χ4n) is 7.84. The molecule has 1 saturated carbocycles. The summed E-state index contributed by atoms with van der Waals surface area (Å²) in [6, 6.07) is 7.97. The fourth-order valence-corrected chi connectivity index (χ4v) is 9.46. The summed E-state index contributed by atoms with van der Waals surface area (Å²) < 4.78 is 87.1. The number of nitrogens with one attached hydrogen (secondary N) is 1. The van der Waals surface area contributed by atoms with Gasteiger partial charge in [-0.3, -0.25) is 4.79 Å². The largest absolute Gasteiger partial charge is 0.390 e. The van der Waals surface area contributed by atoms with E-state index in [1.165, 1.54) is 16.4 Å². The topological polar surface area (TPSA) is 133 Å². The van der Waals surface area contributed by atoms with Crippen molar-refractivity contribution in [1.82, 2.24) is 9.62 Å². The van der Waals surface area contributed by atoms with Crippen molar-refractivity contribution in [2.45, 2.75) is 83.2 Å². The summed E-state index contributed by atoms with van der Waals surface area (Å²) in [5.74, 6) is -2.89. The van der Waals surface area contributed by atoms with Crippen LogP contribution >= 0.6 is 0 Å². The molecule has 14 heteroatoms. The Kier molecular flexibility index (Phi) is 13.3. The Balaban J connectivity index is 1.38. The molecule has 0 spiro atoms. The van der Waals surface area contributed by atoms with Crippen molar-refractivity contribution >= 4 is 15.9 Å². The van der Waals surface area contributed by atoms with Crippen LogP contribution in [0.25, 0.3) is 0 Å².